The second-order valence-corrected chi connectivity index (χ2v) is 5.41. The Kier molecular flexibility index (Phi) is 8.02. The summed E-state index contributed by atoms with van der Waals surface area (Å²) in [6.45, 7) is 5.79. The molecule has 1 rings (SSSR count). The monoisotopic (exact) mass is 271 g/mol. The highest BCUT2D eigenvalue weighted by atomic mass is 16.5. The van der Waals surface area contributed by atoms with E-state index >= 15 is 0 Å². The normalized spacial score (nSPS) is 22.2. The summed E-state index contributed by atoms with van der Waals surface area (Å²) < 4.78 is 4.91. The number of likely N-dealkylation sites (tertiary alicyclic amines) is 1. The Morgan fingerprint density at radius 2 is 2.32 bits per heavy atom. The van der Waals surface area contributed by atoms with E-state index in [1.807, 2.05) is 0 Å². The Bertz CT molecular complexity index is 261. The molecule has 3 N–H and O–H groups in total. The van der Waals surface area contributed by atoms with E-state index in [1.54, 1.807) is 7.11 Å². The molecule has 1 aliphatic rings. The van der Waals surface area contributed by atoms with Crippen molar-refractivity contribution in [3.63, 3.8) is 0 Å². The van der Waals surface area contributed by atoms with Gasteiger partial charge in [0, 0.05) is 32.8 Å². The van der Waals surface area contributed by atoms with Crippen LogP contribution in [0.5, 0.6) is 0 Å². The largest absolute Gasteiger partial charge is 0.385 e. The number of carbonyl (C=O) groups is 1. The molecule has 112 valence electrons. The number of nitrogens with zero attached hydrogens (tertiary/aromatic N) is 1. The van der Waals surface area contributed by atoms with Crippen LogP contribution in [0.3, 0.4) is 0 Å². The van der Waals surface area contributed by atoms with Gasteiger partial charge in [-0.05, 0) is 39.2 Å². The van der Waals surface area contributed by atoms with Crippen molar-refractivity contribution in [1.29, 1.82) is 0 Å². The van der Waals surface area contributed by atoms with Crippen molar-refractivity contribution in [2.75, 3.05) is 33.4 Å². The molecular formula is C14H29N3O2. The topological polar surface area (TPSA) is 67.6 Å². The number of rotatable bonds is 8. The summed E-state index contributed by atoms with van der Waals surface area (Å²) in [6.07, 6.45) is 5.52. The maximum Gasteiger partial charge on any atom is 0.237 e. The predicted molar refractivity (Wildman–Crippen MR) is 77.0 cm³/mol. The minimum absolute atomic E-state index is 0.0660. The lowest BCUT2D eigenvalue weighted by molar-refractivity contribution is -0.122. The number of hydrogen-bond acceptors (Lipinski definition) is 4. The zero-order valence-electron chi connectivity index (χ0n) is 12.4. The van der Waals surface area contributed by atoms with Gasteiger partial charge >= 0.3 is 0 Å². The number of piperidine rings is 1. The van der Waals surface area contributed by atoms with Crippen molar-refractivity contribution in [1.82, 2.24) is 10.2 Å². The number of nitrogens with one attached hydrogen (secondary N) is 1. The zero-order chi connectivity index (χ0) is 14.1. The molecule has 0 aliphatic carbocycles. The van der Waals surface area contributed by atoms with Gasteiger partial charge in [0.05, 0.1) is 6.04 Å². The van der Waals surface area contributed by atoms with Crippen LogP contribution in [0.4, 0.5) is 0 Å². The van der Waals surface area contributed by atoms with E-state index in [9.17, 15) is 4.79 Å². The molecule has 0 spiro atoms. The SMILES string of the molecule is COCCC(N)C(=O)NCCCN1CCCCC1C. The number of carbonyl (C=O) groups excluding carboxylic acids is 1. The van der Waals surface area contributed by atoms with E-state index in [4.69, 9.17) is 10.5 Å². The van der Waals surface area contributed by atoms with Crippen molar-refractivity contribution < 1.29 is 9.53 Å². The van der Waals surface area contributed by atoms with Gasteiger partial charge in [0.15, 0.2) is 0 Å². The Hall–Kier alpha value is -0.650. The third-order valence-corrected chi connectivity index (χ3v) is 3.83. The first kappa shape index (κ1) is 16.4. The van der Waals surface area contributed by atoms with E-state index in [0.717, 1.165) is 13.0 Å². The fourth-order valence-corrected chi connectivity index (χ4v) is 2.49. The van der Waals surface area contributed by atoms with Gasteiger partial charge in [0.2, 0.25) is 5.91 Å². The quantitative estimate of drug-likeness (QED) is 0.639. The molecule has 0 aromatic rings. The predicted octanol–water partition coefficient (Wildman–Crippen LogP) is 0.731. The van der Waals surface area contributed by atoms with Gasteiger partial charge in [0.25, 0.3) is 0 Å². The van der Waals surface area contributed by atoms with Crippen LogP contribution in [0, 0.1) is 0 Å². The van der Waals surface area contributed by atoms with Crippen LogP contribution in [-0.4, -0.2) is 56.2 Å². The molecule has 19 heavy (non-hydrogen) atoms. The fraction of sp³-hybridized carbons (Fsp3) is 0.929. The van der Waals surface area contributed by atoms with Crippen molar-refractivity contribution in [2.24, 2.45) is 5.73 Å². The van der Waals surface area contributed by atoms with Gasteiger partial charge in [-0.3, -0.25) is 4.79 Å². The average Bonchev–Trinajstić information content (AvgIpc) is 2.42. The molecule has 2 atom stereocenters. The summed E-state index contributed by atoms with van der Waals surface area (Å²) >= 11 is 0. The van der Waals surface area contributed by atoms with Gasteiger partial charge in [0.1, 0.15) is 0 Å². The van der Waals surface area contributed by atoms with Gasteiger partial charge in [-0.25, -0.2) is 0 Å². The Labute approximate surface area is 116 Å². The van der Waals surface area contributed by atoms with Gasteiger partial charge in [-0.2, -0.15) is 0 Å². The van der Waals surface area contributed by atoms with Crippen LogP contribution in [0.2, 0.25) is 0 Å². The number of nitrogens with two attached hydrogens (primary N) is 1. The Morgan fingerprint density at radius 1 is 1.53 bits per heavy atom. The minimum Gasteiger partial charge on any atom is -0.385 e. The highest BCUT2D eigenvalue weighted by Gasteiger charge is 2.17. The van der Waals surface area contributed by atoms with Crippen LogP contribution < -0.4 is 11.1 Å². The summed E-state index contributed by atoms with van der Waals surface area (Å²) in [5.41, 5.74) is 5.75. The third kappa shape index (κ3) is 6.36. The van der Waals surface area contributed by atoms with Crippen molar-refractivity contribution in [3.05, 3.63) is 0 Å². The van der Waals surface area contributed by atoms with E-state index in [1.165, 1.54) is 25.8 Å². The minimum atomic E-state index is -0.450. The standard InChI is InChI=1S/C14H29N3O2/c1-12-6-3-4-9-17(12)10-5-8-16-14(18)13(15)7-11-19-2/h12-13H,3-11,15H2,1-2H3,(H,16,18). The van der Waals surface area contributed by atoms with Crippen molar-refractivity contribution >= 4 is 5.91 Å². The zero-order valence-corrected chi connectivity index (χ0v) is 12.4. The van der Waals surface area contributed by atoms with E-state index in [2.05, 4.69) is 17.1 Å². The molecule has 5 heteroatoms. The highest BCUT2D eigenvalue weighted by Crippen LogP contribution is 2.15. The number of hydrogen-bond donors (Lipinski definition) is 2. The van der Waals surface area contributed by atoms with Crippen molar-refractivity contribution in [3.8, 4) is 0 Å². The molecule has 0 aromatic carbocycles. The lowest BCUT2D eigenvalue weighted by Crippen LogP contribution is -2.43. The fourth-order valence-electron chi connectivity index (χ4n) is 2.49. The lowest BCUT2D eigenvalue weighted by Gasteiger charge is -2.33. The molecular weight excluding hydrogens is 242 g/mol. The second kappa shape index (κ2) is 9.28. The second-order valence-electron chi connectivity index (χ2n) is 5.41. The van der Waals surface area contributed by atoms with Crippen LogP contribution in [0.15, 0.2) is 0 Å². The first-order chi connectivity index (χ1) is 9.15. The molecule has 5 nitrogen and oxygen atoms in total. The molecule has 0 saturated carbocycles. The average molecular weight is 271 g/mol. The van der Waals surface area contributed by atoms with E-state index in [0.29, 0.717) is 25.6 Å². The summed E-state index contributed by atoms with van der Waals surface area (Å²) in [7, 11) is 1.62. The highest BCUT2D eigenvalue weighted by molar-refractivity contribution is 5.81. The number of amides is 1. The molecule has 1 amide bonds. The molecule has 1 fully saturated rings. The first-order valence-electron chi connectivity index (χ1n) is 7.41. The molecule has 1 saturated heterocycles. The van der Waals surface area contributed by atoms with Crippen LogP contribution in [-0.2, 0) is 9.53 Å². The number of ether oxygens (including phenoxy) is 1. The van der Waals surface area contributed by atoms with Crippen LogP contribution in [0.25, 0.3) is 0 Å². The summed E-state index contributed by atoms with van der Waals surface area (Å²) in [6, 6.07) is 0.238. The lowest BCUT2D eigenvalue weighted by atomic mass is 10.0. The van der Waals surface area contributed by atoms with Gasteiger partial charge in [-0.15, -0.1) is 0 Å². The maximum absolute atomic E-state index is 11.7. The molecule has 1 aliphatic heterocycles. The van der Waals surface area contributed by atoms with Crippen LogP contribution in [0.1, 0.15) is 39.0 Å². The Balaban J connectivity index is 2.07. The molecule has 0 aromatic heterocycles. The summed E-state index contributed by atoms with van der Waals surface area (Å²) in [4.78, 5) is 14.2. The van der Waals surface area contributed by atoms with E-state index in [-0.39, 0.29) is 5.91 Å². The van der Waals surface area contributed by atoms with Gasteiger partial charge < -0.3 is 20.7 Å². The first-order valence-corrected chi connectivity index (χ1v) is 7.41. The van der Waals surface area contributed by atoms with E-state index < -0.39 is 6.04 Å². The summed E-state index contributed by atoms with van der Waals surface area (Å²) in [5.74, 6) is -0.0660. The number of methoxy groups -OCH3 is 1. The van der Waals surface area contributed by atoms with Crippen LogP contribution >= 0.6 is 0 Å². The van der Waals surface area contributed by atoms with Crippen molar-refractivity contribution in [2.45, 2.75) is 51.1 Å². The Morgan fingerprint density at radius 3 is 3.00 bits per heavy atom. The third-order valence-electron chi connectivity index (χ3n) is 3.83. The van der Waals surface area contributed by atoms with Gasteiger partial charge in [-0.1, -0.05) is 6.42 Å². The maximum atomic E-state index is 11.7. The molecule has 0 radical (unpaired) electrons. The summed E-state index contributed by atoms with van der Waals surface area (Å²) in [5, 5.41) is 2.90. The smallest absolute Gasteiger partial charge is 0.237 e. The molecule has 2 unspecified atom stereocenters. The molecule has 1 heterocycles. The molecule has 0 bridgehead atoms.